The van der Waals surface area contributed by atoms with Crippen LogP contribution in [0.4, 0.5) is 0 Å². The zero-order valence-electron chi connectivity index (χ0n) is 10.8. The summed E-state index contributed by atoms with van der Waals surface area (Å²) in [5.41, 5.74) is 1.47. The van der Waals surface area contributed by atoms with Gasteiger partial charge in [-0.25, -0.2) is 9.78 Å². The SMILES string of the molecule is O=C(O)COc1ccc(-c2nc3ccccc3s2)c(O)c1. The quantitative estimate of drug-likeness (QED) is 0.774. The molecule has 2 N–H and O–H groups in total. The van der Waals surface area contributed by atoms with Gasteiger partial charge in [0.2, 0.25) is 0 Å². The van der Waals surface area contributed by atoms with Crippen molar-refractivity contribution in [3.05, 3.63) is 42.5 Å². The van der Waals surface area contributed by atoms with Crippen LogP contribution in [0.1, 0.15) is 0 Å². The molecule has 5 nitrogen and oxygen atoms in total. The molecule has 0 saturated carbocycles. The Labute approximate surface area is 124 Å². The number of carboxylic acid groups (broad SMARTS) is 1. The maximum absolute atomic E-state index is 10.4. The highest BCUT2D eigenvalue weighted by molar-refractivity contribution is 7.21. The summed E-state index contributed by atoms with van der Waals surface area (Å²) in [6, 6.07) is 12.4. The molecule has 0 bridgehead atoms. The lowest BCUT2D eigenvalue weighted by Gasteiger charge is -2.06. The molecule has 0 radical (unpaired) electrons. The Morgan fingerprint density at radius 2 is 2.05 bits per heavy atom. The highest BCUT2D eigenvalue weighted by Crippen LogP contribution is 2.36. The van der Waals surface area contributed by atoms with Gasteiger partial charge in [-0.2, -0.15) is 0 Å². The number of carboxylic acids is 1. The lowest BCUT2D eigenvalue weighted by atomic mass is 10.2. The van der Waals surface area contributed by atoms with Crippen LogP contribution in [0, 0.1) is 0 Å². The summed E-state index contributed by atoms with van der Waals surface area (Å²) in [6.07, 6.45) is 0. The Morgan fingerprint density at radius 1 is 1.24 bits per heavy atom. The second-order valence-corrected chi connectivity index (χ2v) is 5.38. The molecule has 21 heavy (non-hydrogen) atoms. The van der Waals surface area contributed by atoms with E-state index in [1.54, 1.807) is 12.1 Å². The van der Waals surface area contributed by atoms with Crippen LogP contribution in [-0.4, -0.2) is 27.8 Å². The summed E-state index contributed by atoms with van der Waals surface area (Å²) in [6.45, 7) is -0.445. The van der Waals surface area contributed by atoms with Crippen LogP contribution in [0.2, 0.25) is 0 Å². The summed E-state index contributed by atoms with van der Waals surface area (Å²) in [5.74, 6) is -0.749. The summed E-state index contributed by atoms with van der Waals surface area (Å²) >= 11 is 1.48. The number of hydrogen-bond donors (Lipinski definition) is 2. The average molecular weight is 301 g/mol. The molecule has 0 unspecified atom stereocenters. The maximum Gasteiger partial charge on any atom is 0.341 e. The van der Waals surface area contributed by atoms with Gasteiger partial charge in [-0.3, -0.25) is 0 Å². The zero-order valence-corrected chi connectivity index (χ0v) is 11.6. The van der Waals surface area contributed by atoms with E-state index in [1.807, 2.05) is 24.3 Å². The number of phenols is 1. The van der Waals surface area contributed by atoms with Crippen LogP contribution < -0.4 is 4.74 Å². The molecule has 1 aromatic heterocycles. The molecule has 0 fully saturated rings. The molecule has 2 aromatic carbocycles. The van der Waals surface area contributed by atoms with E-state index >= 15 is 0 Å². The lowest BCUT2D eigenvalue weighted by Crippen LogP contribution is -2.09. The van der Waals surface area contributed by atoms with E-state index < -0.39 is 12.6 Å². The van der Waals surface area contributed by atoms with E-state index in [4.69, 9.17) is 9.84 Å². The monoisotopic (exact) mass is 301 g/mol. The molecular formula is C15H11NO4S. The number of aromatic hydroxyl groups is 1. The Bertz CT molecular complexity index is 779. The van der Waals surface area contributed by atoms with Gasteiger partial charge in [0, 0.05) is 6.07 Å². The summed E-state index contributed by atoms with van der Waals surface area (Å²) in [4.78, 5) is 14.9. The minimum Gasteiger partial charge on any atom is -0.507 e. The summed E-state index contributed by atoms with van der Waals surface area (Å²) in [7, 11) is 0. The van der Waals surface area contributed by atoms with E-state index in [0.29, 0.717) is 16.3 Å². The fraction of sp³-hybridized carbons (Fsp3) is 0.0667. The first-order chi connectivity index (χ1) is 10.1. The molecule has 0 aliphatic carbocycles. The number of fused-ring (bicyclic) bond motifs is 1. The van der Waals surface area contributed by atoms with Crippen molar-refractivity contribution in [3.8, 4) is 22.1 Å². The van der Waals surface area contributed by atoms with E-state index in [1.165, 1.54) is 17.4 Å². The number of para-hydroxylation sites is 1. The van der Waals surface area contributed by atoms with Gasteiger partial charge in [0.15, 0.2) is 6.61 Å². The predicted octanol–water partition coefficient (Wildman–Crippen LogP) is 3.13. The van der Waals surface area contributed by atoms with Gasteiger partial charge in [-0.05, 0) is 24.3 Å². The maximum atomic E-state index is 10.4. The van der Waals surface area contributed by atoms with Crippen molar-refractivity contribution in [1.82, 2.24) is 4.98 Å². The first-order valence-electron chi connectivity index (χ1n) is 6.17. The number of rotatable bonds is 4. The van der Waals surface area contributed by atoms with Crippen molar-refractivity contribution in [2.24, 2.45) is 0 Å². The number of aromatic nitrogens is 1. The molecule has 0 amide bonds. The van der Waals surface area contributed by atoms with Crippen LogP contribution in [0.3, 0.4) is 0 Å². The molecule has 1 heterocycles. The number of benzene rings is 2. The third kappa shape index (κ3) is 2.80. The lowest BCUT2D eigenvalue weighted by molar-refractivity contribution is -0.139. The first-order valence-corrected chi connectivity index (χ1v) is 6.99. The van der Waals surface area contributed by atoms with Crippen LogP contribution in [0.25, 0.3) is 20.8 Å². The smallest absolute Gasteiger partial charge is 0.341 e. The van der Waals surface area contributed by atoms with Crippen molar-refractivity contribution in [3.63, 3.8) is 0 Å². The molecule has 6 heteroatoms. The third-order valence-corrected chi connectivity index (χ3v) is 3.93. The van der Waals surface area contributed by atoms with Crippen LogP contribution in [-0.2, 0) is 4.79 Å². The Hall–Kier alpha value is -2.60. The first kappa shape index (κ1) is 13.4. The van der Waals surface area contributed by atoms with E-state index in [2.05, 4.69) is 4.98 Å². The number of phenolic OH excluding ortho intramolecular Hbond substituents is 1. The highest BCUT2D eigenvalue weighted by Gasteiger charge is 2.11. The Balaban J connectivity index is 1.93. The molecule has 0 spiro atoms. The topological polar surface area (TPSA) is 79.7 Å². The van der Waals surface area contributed by atoms with Gasteiger partial charge in [0.05, 0.1) is 15.8 Å². The fourth-order valence-corrected chi connectivity index (χ4v) is 2.91. The Kier molecular flexibility index (Phi) is 3.45. The fourth-order valence-electron chi connectivity index (χ4n) is 1.91. The minimum absolute atomic E-state index is 0.0111. The molecule has 0 atom stereocenters. The van der Waals surface area contributed by atoms with E-state index in [9.17, 15) is 9.90 Å². The number of ether oxygens (including phenoxy) is 1. The zero-order chi connectivity index (χ0) is 14.8. The number of hydrogen-bond acceptors (Lipinski definition) is 5. The third-order valence-electron chi connectivity index (χ3n) is 2.86. The largest absolute Gasteiger partial charge is 0.507 e. The van der Waals surface area contributed by atoms with Crippen LogP contribution >= 0.6 is 11.3 Å². The van der Waals surface area contributed by atoms with Crippen molar-refractivity contribution in [1.29, 1.82) is 0 Å². The van der Waals surface area contributed by atoms with Crippen LogP contribution in [0.15, 0.2) is 42.5 Å². The summed E-state index contributed by atoms with van der Waals surface area (Å²) in [5, 5.41) is 19.3. The number of thiazole rings is 1. The molecule has 0 saturated heterocycles. The number of aliphatic carboxylic acids is 1. The highest BCUT2D eigenvalue weighted by atomic mass is 32.1. The molecule has 106 valence electrons. The van der Waals surface area contributed by atoms with Crippen molar-refractivity contribution in [2.45, 2.75) is 0 Å². The molecule has 0 aliphatic rings. The van der Waals surface area contributed by atoms with Crippen molar-refractivity contribution in [2.75, 3.05) is 6.61 Å². The van der Waals surface area contributed by atoms with Crippen molar-refractivity contribution >= 4 is 27.5 Å². The predicted molar refractivity (Wildman–Crippen MR) is 79.9 cm³/mol. The van der Waals surface area contributed by atoms with Gasteiger partial charge in [-0.1, -0.05) is 12.1 Å². The van der Waals surface area contributed by atoms with Gasteiger partial charge in [0.25, 0.3) is 0 Å². The van der Waals surface area contributed by atoms with Gasteiger partial charge in [-0.15, -0.1) is 11.3 Å². The van der Waals surface area contributed by atoms with Crippen molar-refractivity contribution < 1.29 is 19.7 Å². The van der Waals surface area contributed by atoms with E-state index in [0.717, 1.165) is 10.2 Å². The normalized spacial score (nSPS) is 10.7. The summed E-state index contributed by atoms with van der Waals surface area (Å²) < 4.78 is 6.06. The second-order valence-electron chi connectivity index (χ2n) is 4.35. The second kappa shape index (κ2) is 5.41. The van der Waals surface area contributed by atoms with Gasteiger partial charge in [0.1, 0.15) is 16.5 Å². The molecular weight excluding hydrogens is 290 g/mol. The van der Waals surface area contributed by atoms with E-state index in [-0.39, 0.29) is 5.75 Å². The van der Waals surface area contributed by atoms with Gasteiger partial charge >= 0.3 is 5.97 Å². The number of carbonyl (C=O) groups is 1. The van der Waals surface area contributed by atoms with Crippen LogP contribution in [0.5, 0.6) is 11.5 Å². The number of nitrogens with zero attached hydrogens (tertiary/aromatic N) is 1. The molecule has 3 rings (SSSR count). The average Bonchev–Trinajstić information content (AvgIpc) is 2.88. The standard InChI is InChI=1S/C15H11NO4S/c17-12-7-9(20-8-14(18)19)5-6-10(12)15-16-11-3-1-2-4-13(11)21-15/h1-7,17H,8H2,(H,18,19). The molecule has 3 aromatic rings. The van der Waals surface area contributed by atoms with Gasteiger partial charge < -0.3 is 14.9 Å². The molecule has 0 aliphatic heterocycles. The minimum atomic E-state index is -1.07. The Morgan fingerprint density at radius 3 is 2.76 bits per heavy atom.